The van der Waals surface area contributed by atoms with Crippen LogP contribution < -0.4 is 4.74 Å². The number of aliphatic hydroxyl groups is 2. The Kier molecular flexibility index (Phi) is 4.79. The molecule has 27 heavy (non-hydrogen) atoms. The third-order valence-corrected chi connectivity index (χ3v) is 4.75. The highest BCUT2D eigenvalue weighted by molar-refractivity contribution is 5.91. The SMILES string of the molecule is O=C(c1ccc(CO)o1)N1CC[C@@H](Oc2cccc3cnccc23)[C@H](O)C1. The first-order valence-electron chi connectivity index (χ1n) is 8.82. The zero-order chi connectivity index (χ0) is 18.8. The second-order valence-electron chi connectivity index (χ2n) is 6.54. The molecule has 2 aromatic heterocycles. The van der Waals surface area contributed by atoms with Crippen LogP contribution in [0.2, 0.25) is 0 Å². The predicted molar refractivity (Wildman–Crippen MR) is 97.3 cm³/mol. The van der Waals surface area contributed by atoms with Gasteiger partial charge in [-0.25, -0.2) is 0 Å². The molecule has 1 aliphatic heterocycles. The number of hydrogen-bond donors (Lipinski definition) is 2. The number of rotatable bonds is 4. The zero-order valence-corrected chi connectivity index (χ0v) is 14.6. The molecular weight excluding hydrogens is 348 g/mol. The lowest BCUT2D eigenvalue weighted by atomic mass is 10.0. The number of carbonyl (C=O) groups is 1. The van der Waals surface area contributed by atoms with E-state index in [1.54, 1.807) is 18.5 Å². The highest BCUT2D eigenvalue weighted by atomic mass is 16.5. The monoisotopic (exact) mass is 368 g/mol. The summed E-state index contributed by atoms with van der Waals surface area (Å²) in [7, 11) is 0. The highest BCUT2D eigenvalue weighted by Crippen LogP contribution is 2.28. The highest BCUT2D eigenvalue weighted by Gasteiger charge is 2.33. The summed E-state index contributed by atoms with van der Waals surface area (Å²) in [5.41, 5.74) is 0. The summed E-state index contributed by atoms with van der Waals surface area (Å²) in [6.45, 7) is 0.347. The number of benzene rings is 1. The predicted octanol–water partition coefficient (Wildman–Crippen LogP) is 1.97. The van der Waals surface area contributed by atoms with Crippen molar-refractivity contribution < 1.29 is 24.2 Å². The van der Waals surface area contributed by atoms with Gasteiger partial charge < -0.3 is 24.3 Å². The van der Waals surface area contributed by atoms with Gasteiger partial charge >= 0.3 is 0 Å². The van der Waals surface area contributed by atoms with E-state index in [-0.39, 0.29) is 24.8 Å². The number of aliphatic hydroxyl groups excluding tert-OH is 2. The van der Waals surface area contributed by atoms with Crippen molar-refractivity contribution in [2.24, 2.45) is 0 Å². The maximum absolute atomic E-state index is 12.5. The molecule has 0 aliphatic carbocycles. The van der Waals surface area contributed by atoms with Crippen molar-refractivity contribution in [3.05, 3.63) is 60.3 Å². The molecule has 1 aliphatic rings. The van der Waals surface area contributed by atoms with E-state index in [4.69, 9.17) is 14.3 Å². The second-order valence-corrected chi connectivity index (χ2v) is 6.54. The number of nitrogens with zero attached hydrogens (tertiary/aromatic N) is 2. The molecule has 7 nitrogen and oxygen atoms in total. The van der Waals surface area contributed by atoms with Crippen molar-refractivity contribution in [2.75, 3.05) is 13.1 Å². The van der Waals surface area contributed by atoms with Gasteiger partial charge in [-0.15, -0.1) is 0 Å². The van der Waals surface area contributed by atoms with E-state index in [1.807, 2.05) is 24.3 Å². The quantitative estimate of drug-likeness (QED) is 0.731. The molecule has 0 radical (unpaired) electrons. The number of ether oxygens (including phenoxy) is 1. The van der Waals surface area contributed by atoms with E-state index in [9.17, 15) is 9.90 Å². The molecule has 1 aromatic carbocycles. The number of fused-ring (bicyclic) bond motifs is 1. The Morgan fingerprint density at radius 2 is 2.19 bits per heavy atom. The number of aromatic nitrogens is 1. The first-order valence-corrected chi connectivity index (χ1v) is 8.82. The Labute approximate surface area is 155 Å². The summed E-state index contributed by atoms with van der Waals surface area (Å²) in [6.07, 6.45) is 2.76. The van der Waals surface area contributed by atoms with Crippen molar-refractivity contribution in [1.82, 2.24) is 9.88 Å². The molecule has 3 heterocycles. The average molecular weight is 368 g/mol. The summed E-state index contributed by atoms with van der Waals surface area (Å²) >= 11 is 0. The van der Waals surface area contributed by atoms with Crippen molar-refractivity contribution in [2.45, 2.75) is 25.2 Å². The van der Waals surface area contributed by atoms with Crippen LogP contribution in [0, 0.1) is 0 Å². The number of piperidine rings is 1. The maximum atomic E-state index is 12.5. The lowest BCUT2D eigenvalue weighted by Gasteiger charge is -2.35. The first kappa shape index (κ1) is 17.5. The van der Waals surface area contributed by atoms with Crippen LogP contribution in [0.3, 0.4) is 0 Å². The van der Waals surface area contributed by atoms with E-state index in [0.717, 1.165) is 10.8 Å². The van der Waals surface area contributed by atoms with E-state index in [2.05, 4.69) is 4.98 Å². The second kappa shape index (κ2) is 7.38. The standard InChI is InChI=1S/C20H20N2O5/c23-12-14-4-5-19(26-14)20(25)22-9-7-18(16(24)11-22)27-17-3-1-2-13-10-21-8-6-15(13)17/h1-6,8,10,16,18,23-24H,7,9,11-12H2/t16-,18-/m1/s1. The van der Waals surface area contributed by atoms with Crippen LogP contribution in [-0.2, 0) is 6.61 Å². The number of furan rings is 1. The van der Waals surface area contributed by atoms with Gasteiger partial charge in [-0.2, -0.15) is 0 Å². The van der Waals surface area contributed by atoms with Crippen molar-refractivity contribution in [3.8, 4) is 5.75 Å². The molecule has 0 saturated carbocycles. The van der Waals surface area contributed by atoms with Gasteiger partial charge in [-0.05, 0) is 24.3 Å². The Bertz CT molecular complexity index is 949. The number of hydrogen-bond acceptors (Lipinski definition) is 6. The molecular formula is C20H20N2O5. The van der Waals surface area contributed by atoms with Crippen molar-refractivity contribution in [3.63, 3.8) is 0 Å². The molecule has 3 aromatic rings. The topological polar surface area (TPSA) is 96.0 Å². The molecule has 1 saturated heterocycles. The summed E-state index contributed by atoms with van der Waals surface area (Å²) in [5.74, 6) is 0.885. The Hall–Kier alpha value is -2.90. The minimum atomic E-state index is -0.813. The number of amides is 1. The largest absolute Gasteiger partial charge is 0.487 e. The smallest absolute Gasteiger partial charge is 0.289 e. The molecule has 1 fully saturated rings. The molecule has 0 unspecified atom stereocenters. The molecule has 0 spiro atoms. The van der Waals surface area contributed by atoms with E-state index in [1.165, 1.54) is 11.0 Å². The zero-order valence-electron chi connectivity index (χ0n) is 14.6. The Morgan fingerprint density at radius 1 is 1.30 bits per heavy atom. The van der Waals surface area contributed by atoms with Crippen LogP contribution in [0.1, 0.15) is 22.7 Å². The minimum absolute atomic E-state index is 0.158. The summed E-state index contributed by atoms with van der Waals surface area (Å²) in [4.78, 5) is 18.2. The maximum Gasteiger partial charge on any atom is 0.289 e. The summed E-state index contributed by atoms with van der Waals surface area (Å²) in [5, 5.41) is 21.5. The van der Waals surface area contributed by atoms with E-state index in [0.29, 0.717) is 24.5 Å². The third-order valence-electron chi connectivity index (χ3n) is 4.75. The average Bonchev–Trinajstić information content (AvgIpc) is 3.18. The molecule has 140 valence electrons. The number of pyridine rings is 1. The van der Waals surface area contributed by atoms with Crippen LogP contribution in [0.5, 0.6) is 5.75 Å². The fraction of sp³-hybridized carbons (Fsp3) is 0.300. The van der Waals surface area contributed by atoms with Gasteiger partial charge in [0.15, 0.2) is 5.76 Å². The summed E-state index contributed by atoms with van der Waals surface area (Å²) in [6, 6.07) is 10.7. The first-order chi connectivity index (χ1) is 13.2. The van der Waals surface area contributed by atoms with Crippen LogP contribution >= 0.6 is 0 Å². The lowest BCUT2D eigenvalue weighted by Crippen LogP contribution is -2.51. The van der Waals surface area contributed by atoms with Gasteiger partial charge in [-0.1, -0.05) is 12.1 Å². The fourth-order valence-electron chi connectivity index (χ4n) is 3.32. The summed E-state index contributed by atoms with van der Waals surface area (Å²) < 4.78 is 11.4. The van der Waals surface area contributed by atoms with Crippen LogP contribution in [0.15, 0.2) is 53.2 Å². The number of β-amino-alcohol motifs (C(OH)–C–C–N with tert-alkyl or cyclic N) is 1. The van der Waals surface area contributed by atoms with Gasteiger partial charge in [0.25, 0.3) is 5.91 Å². The van der Waals surface area contributed by atoms with Gasteiger partial charge in [0.1, 0.15) is 30.3 Å². The molecule has 2 atom stereocenters. The van der Waals surface area contributed by atoms with Gasteiger partial charge in [0.2, 0.25) is 0 Å². The van der Waals surface area contributed by atoms with Crippen LogP contribution in [0.25, 0.3) is 10.8 Å². The van der Waals surface area contributed by atoms with Gasteiger partial charge in [0.05, 0.1) is 6.54 Å². The minimum Gasteiger partial charge on any atom is -0.487 e. The molecule has 2 N–H and O–H groups in total. The molecule has 4 rings (SSSR count). The van der Waals surface area contributed by atoms with Crippen molar-refractivity contribution >= 4 is 16.7 Å². The van der Waals surface area contributed by atoms with Crippen molar-refractivity contribution in [1.29, 1.82) is 0 Å². The third kappa shape index (κ3) is 3.51. The lowest BCUT2D eigenvalue weighted by molar-refractivity contribution is -0.0201. The Balaban J connectivity index is 1.45. The van der Waals surface area contributed by atoms with Crippen LogP contribution in [-0.4, -0.2) is 51.3 Å². The normalized spacial score (nSPS) is 20.0. The Morgan fingerprint density at radius 3 is 2.96 bits per heavy atom. The number of likely N-dealkylation sites (tertiary alicyclic amines) is 1. The van der Waals surface area contributed by atoms with E-state index < -0.39 is 12.2 Å². The molecule has 7 heteroatoms. The van der Waals surface area contributed by atoms with Gasteiger partial charge in [-0.3, -0.25) is 9.78 Å². The van der Waals surface area contributed by atoms with Crippen LogP contribution in [0.4, 0.5) is 0 Å². The molecule has 0 bridgehead atoms. The fourth-order valence-corrected chi connectivity index (χ4v) is 3.32. The van der Waals surface area contributed by atoms with E-state index >= 15 is 0 Å². The molecule has 1 amide bonds. The number of carbonyl (C=O) groups excluding carboxylic acids is 1. The van der Waals surface area contributed by atoms with Gasteiger partial charge in [0, 0.05) is 36.1 Å².